The lowest BCUT2D eigenvalue weighted by Gasteiger charge is -2.09. The number of ketones is 1. The Morgan fingerprint density at radius 2 is 1.89 bits per heavy atom. The molecular formula is C14H8Br2ClFO. The van der Waals surface area contributed by atoms with E-state index in [4.69, 9.17) is 11.6 Å². The van der Waals surface area contributed by atoms with Gasteiger partial charge in [-0.3, -0.25) is 4.79 Å². The molecule has 0 saturated carbocycles. The van der Waals surface area contributed by atoms with Gasteiger partial charge in [-0.05, 0) is 36.8 Å². The van der Waals surface area contributed by atoms with E-state index in [9.17, 15) is 9.18 Å². The molecule has 0 bridgehead atoms. The van der Waals surface area contributed by atoms with Gasteiger partial charge < -0.3 is 0 Å². The molecule has 0 unspecified atom stereocenters. The van der Waals surface area contributed by atoms with Gasteiger partial charge in [0, 0.05) is 14.5 Å². The summed E-state index contributed by atoms with van der Waals surface area (Å²) in [5.41, 5.74) is 1.23. The van der Waals surface area contributed by atoms with Crippen molar-refractivity contribution in [3.8, 4) is 0 Å². The fourth-order valence-electron chi connectivity index (χ4n) is 1.67. The van der Waals surface area contributed by atoms with Gasteiger partial charge in [-0.2, -0.15) is 0 Å². The average Bonchev–Trinajstić information content (AvgIpc) is 2.33. The fraction of sp³-hybridized carbons (Fsp3) is 0.0714. The van der Waals surface area contributed by atoms with Gasteiger partial charge in [0.15, 0.2) is 5.78 Å². The summed E-state index contributed by atoms with van der Waals surface area (Å²) in [5, 5.41) is 0.105. The standard InChI is InChI=1S/C14H8Br2ClFO/c1-7-5-10(16)8(6-9(7)15)14(19)13-11(17)3-2-4-12(13)18/h2-6H,1H3. The molecule has 1 nitrogen and oxygen atoms in total. The molecule has 0 aromatic heterocycles. The maximum absolute atomic E-state index is 13.8. The minimum absolute atomic E-state index is 0.105. The van der Waals surface area contributed by atoms with E-state index in [1.54, 1.807) is 12.1 Å². The van der Waals surface area contributed by atoms with E-state index >= 15 is 0 Å². The lowest BCUT2D eigenvalue weighted by Crippen LogP contribution is -2.06. The summed E-state index contributed by atoms with van der Waals surface area (Å²) in [5.74, 6) is -1.07. The Morgan fingerprint density at radius 3 is 2.53 bits per heavy atom. The van der Waals surface area contributed by atoms with Gasteiger partial charge in [0.25, 0.3) is 0 Å². The van der Waals surface area contributed by atoms with E-state index in [0.29, 0.717) is 10.0 Å². The molecule has 0 radical (unpaired) electrons. The van der Waals surface area contributed by atoms with Gasteiger partial charge >= 0.3 is 0 Å². The number of rotatable bonds is 2. The highest BCUT2D eigenvalue weighted by Gasteiger charge is 2.20. The first-order valence-corrected chi connectivity index (χ1v) is 7.32. The Labute approximate surface area is 132 Å². The molecular weight excluding hydrogens is 398 g/mol. The van der Waals surface area contributed by atoms with Crippen molar-refractivity contribution in [1.82, 2.24) is 0 Å². The summed E-state index contributed by atoms with van der Waals surface area (Å²) >= 11 is 12.6. The van der Waals surface area contributed by atoms with Gasteiger partial charge in [-0.15, -0.1) is 0 Å². The zero-order valence-corrected chi connectivity index (χ0v) is 13.7. The number of benzene rings is 2. The van der Waals surface area contributed by atoms with Crippen molar-refractivity contribution in [2.75, 3.05) is 0 Å². The van der Waals surface area contributed by atoms with Crippen molar-refractivity contribution in [1.29, 1.82) is 0 Å². The van der Waals surface area contributed by atoms with Crippen LogP contribution < -0.4 is 0 Å². The predicted octanol–water partition coefficient (Wildman–Crippen LogP) is 5.54. The molecule has 2 aromatic rings. The Balaban J connectivity index is 2.60. The summed E-state index contributed by atoms with van der Waals surface area (Å²) in [6.45, 7) is 1.90. The van der Waals surface area contributed by atoms with Crippen LogP contribution >= 0.6 is 43.5 Å². The van der Waals surface area contributed by atoms with E-state index < -0.39 is 11.6 Å². The molecule has 98 valence electrons. The number of carbonyl (C=O) groups excluding carboxylic acids is 1. The molecule has 19 heavy (non-hydrogen) atoms. The SMILES string of the molecule is Cc1cc(Br)c(C(=O)c2c(F)cccc2Cl)cc1Br. The molecule has 0 atom stereocenters. The van der Waals surface area contributed by atoms with Crippen LogP contribution in [0.3, 0.4) is 0 Å². The molecule has 0 aliphatic carbocycles. The molecule has 0 saturated heterocycles. The van der Waals surface area contributed by atoms with Crippen molar-refractivity contribution in [3.63, 3.8) is 0 Å². The molecule has 5 heteroatoms. The average molecular weight is 406 g/mol. The fourth-order valence-corrected chi connectivity index (χ4v) is 2.90. The third-order valence-electron chi connectivity index (χ3n) is 2.68. The molecule has 0 spiro atoms. The largest absolute Gasteiger partial charge is 0.288 e. The second-order valence-electron chi connectivity index (χ2n) is 4.01. The third-order valence-corrected chi connectivity index (χ3v) is 4.51. The first kappa shape index (κ1) is 14.7. The summed E-state index contributed by atoms with van der Waals surface area (Å²) in [4.78, 5) is 12.4. The number of carbonyl (C=O) groups is 1. The van der Waals surface area contributed by atoms with Crippen LogP contribution in [0.5, 0.6) is 0 Å². The van der Waals surface area contributed by atoms with Crippen molar-refractivity contribution < 1.29 is 9.18 Å². The summed E-state index contributed by atoms with van der Waals surface area (Å²) in [6, 6.07) is 7.64. The van der Waals surface area contributed by atoms with Gasteiger partial charge in [0.05, 0.1) is 10.6 Å². The first-order valence-electron chi connectivity index (χ1n) is 5.36. The maximum atomic E-state index is 13.8. The normalized spacial score (nSPS) is 10.6. The number of aryl methyl sites for hydroxylation is 1. The van der Waals surface area contributed by atoms with Gasteiger partial charge in [0.2, 0.25) is 0 Å². The summed E-state index contributed by atoms with van der Waals surface area (Å²) in [7, 11) is 0. The van der Waals surface area contributed by atoms with Crippen LogP contribution in [0, 0.1) is 12.7 Å². The zero-order chi connectivity index (χ0) is 14.2. The van der Waals surface area contributed by atoms with E-state index in [0.717, 1.165) is 10.0 Å². The first-order chi connectivity index (χ1) is 8.91. The Morgan fingerprint density at radius 1 is 1.21 bits per heavy atom. The second kappa shape index (κ2) is 5.73. The maximum Gasteiger partial charge on any atom is 0.198 e. The zero-order valence-electron chi connectivity index (χ0n) is 9.81. The molecule has 0 fully saturated rings. The van der Waals surface area contributed by atoms with Crippen LogP contribution in [0.1, 0.15) is 21.5 Å². The minimum Gasteiger partial charge on any atom is -0.288 e. The number of halogens is 4. The van der Waals surface area contributed by atoms with Crippen LogP contribution in [0.15, 0.2) is 39.3 Å². The van der Waals surface area contributed by atoms with Crippen LogP contribution in [0.2, 0.25) is 5.02 Å². The quantitative estimate of drug-likeness (QED) is 0.598. The number of hydrogen-bond acceptors (Lipinski definition) is 1. The van der Waals surface area contributed by atoms with Crippen molar-refractivity contribution in [2.45, 2.75) is 6.92 Å². The molecule has 2 rings (SSSR count). The molecule has 0 amide bonds. The lowest BCUT2D eigenvalue weighted by molar-refractivity contribution is 0.103. The van der Waals surface area contributed by atoms with Crippen molar-refractivity contribution >= 4 is 49.2 Å². The highest BCUT2D eigenvalue weighted by atomic mass is 79.9. The topological polar surface area (TPSA) is 17.1 Å². The number of hydrogen-bond donors (Lipinski definition) is 0. The molecule has 0 N–H and O–H groups in total. The smallest absolute Gasteiger partial charge is 0.198 e. The van der Waals surface area contributed by atoms with Crippen LogP contribution in [-0.2, 0) is 0 Å². The summed E-state index contributed by atoms with van der Waals surface area (Å²) < 4.78 is 15.2. The highest BCUT2D eigenvalue weighted by Crippen LogP contribution is 2.30. The van der Waals surface area contributed by atoms with Crippen molar-refractivity contribution in [3.05, 3.63) is 66.8 Å². The molecule has 2 aromatic carbocycles. The van der Waals surface area contributed by atoms with Gasteiger partial charge in [0.1, 0.15) is 5.82 Å². The molecule has 0 heterocycles. The molecule has 0 aliphatic heterocycles. The van der Waals surface area contributed by atoms with Gasteiger partial charge in [-0.25, -0.2) is 4.39 Å². The van der Waals surface area contributed by atoms with Gasteiger partial charge in [-0.1, -0.05) is 49.5 Å². The summed E-state index contributed by atoms with van der Waals surface area (Å²) in [6.07, 6.45) is 0. The Hall–Kier alpha value is -0.710. The molecule has 0 aliphatic rings. The van der Waals surface area contributed by atoms with Crippen LogP contribution in [0.4, 0.5) is 4.39 Å². The second-order valence-corrected chi connectivity index (χ2v) is 6.12. The van der Waals surface area contributed by atoms with E-state index in [1.807, 2.05) is 6.92 Å². The van der Waals surface area contributed by atoms with Crippen molar-refractivity contribution in [2.24, 2.45) is 0 Å². The van der Waals surface area contributed by atoms with Crippen LogP contribution in [0.25, 0.3) is 0 Å². The lowest BCUT2D eigenvalue weighted by atomic mass is 10.0. The van der Waals surface area contributed by atoms with E-state index in [2.05, 4.69) is 31.9 Å². The van der Waals surface area contributed by atoms with E-state index in [-0.39, 0.29) is 10.6 Å². The highest BCUT2D eigenvalue weighted by molar-refractivity contribution is 9.11. The Bertz CT molecular complexity index is 650. The monoisotopic (exact) mass is 404 g/mol. The van der Waals surface area contributed by atoms with Crippen LogP contribution in [-0.4, -0.2) is 5.78 Å². The Kier molecular flexibility index (Phi) is 4.43. The minimum atomic E-state index is -0.624. The third kappa shape index (κ3) is 2.91. The van der Waals surface area contributed by atoms with E-state index in [1.165, 1.54) is 18.2 Å². The predicted molar refractivity (Wildman–Crippen MR) is 81.4 cm³/mol.